The summed E-state index contributed by atoms with van der Waals surface area (Å²) in [5, 5.41) is 8.76. The predicted molar refractivity (Wildman–Crippen MR) is 66.0 cm³/mol. The van der Waals surface area contributed by atoms with Gasteiger partial charge in [-0.2, -0.15) is 5.26 Å². The molecule has 1 saturated heterocycles. The zero-order valence-electron chi connectivity index (χ0n) is 8.65. The number of amides is 1. The lowest BCUT2D eigenvalue weighted by Crippen LogP contribution is -2.27. The molecule has 0 saturated carbocycles. The van der Waals surface area contributed by atoms with E-state index in [0.717, 1.165) is 16.8 Å². The molecule has 0 aliphatic carbocycles. The highest BCUT2D eigenvalue weighted by molar-refractivity contribution is 9.11. The van der Waals surface area contributed by atoms with Gasteiger partial charge in [0.05, 0.1) is 15.8 Å². The average molecular weight is 299 g/mol. The molecule has 1 unspecified atom stereocenters. The summed E-state index contributed by atoms with van der Waals surface area (Å²) in [5.74, 6) is 0.00439. The van der Waals surface area contributed by atoms with Gasteiger partial charge >= 0.3 is 0 Å². The lowest BCUT2D eigenvalue weighted by atomic mass is 10.1. The van der Waals surface area contributed by atoms with E-state index < -0.39 is 0 Å². The predicted octanol–water partition coefficient (Wildman–Crippen LogP) is 2.43. The van der Waals surface area contributed by atoms with Gasteiger partial charge in [-0.1, -0.05) is 0 Å². The third-order valence-corrected chi connectivity index (χ3v) is 4.34. The molecule has 1 aromatic heterocycles. The highest BCUT2D eigenvalue weighted by Crippen LogP contribution is 2.23. The third kappa shape index (κ3) is 2.63. The van der Waals surface area contributed by atoms with Gasteiger partial charge in [0.25, 0.3) is 0 Å². The molecule has 5 heteroatoms. The van der Waals surface area contributed by atoms with Crippen molar-refractivity contribution in [1.29, 1.82) is 5.26 Å². The number of halogens is 1. The van der Waals surface area contributed by atoms with E-state index in [-0.39, 0.29) is 11.8 Å². The molecule has 2 rings (SSSR count). The summed E-state index contributed by atoms with van der Waals surface area (Å²) in [6.07, 6.45) is 1.27. The van der Waals surface area contributed by atoms with Gasteiger partial charge in [-0.05, 0) is 34.5 Å². The maximum absolute atomic E-state index is 11.5. The lowest BCUT2D eigenvalue weighted by molar-refractivity contribution is -0.127. The molecule has 1 aromatic rings. The van der Waals surface area contributed by atoms with Gasteiger partial charge < -0.3 is 4.90 Å². The summed E-state index contributed by atoms with van der Waals surface area (Å²) in [6, 6.07) is 6.24. The van der Waals surface area contributed by atoms with Crippen LogP contribution in [0.15, 0.2) is 15.9 Å². The van der Waals surface area contributed by atoms with Crippen LogP contribution in [0.25, 0.3) is 0 Å². The van der Waals surface area contributed by atoms with Gasteiger partial charge in [0.15, 0.2) is 0 Å². The first-order valence-electron chi connectivity index (χ1n) is 5.10. The monoisotopic (exact) mass is 298 g/mol. The van der Waals surface area contributed by atoms with E-state index in [2.05, 4.69) is 28.1 Å². The van der Waals surface area contributed by atoms with Crippen LogP contribution in [0.1, 0.15) is 11.3 Å². The van der Waals surface area contributed by atoms with Crippen molar-refractivity contribution in [3.8, 4) is 6.07 Å². The summed E-state index contributed by atoms with van der Waals surface area (Å²) in [6.45, 7) is 1.33. The number of thiophene rings is 1. The summed E-state index contributed by atoms with van der Waals surface area (Å²) in [5.41, 5.74) is 0. The number of nitriles is 1. The smallest absolute Gasteiger partial charge is 0.224 e. The van der Waals surface area contributed by atoms with Crippen molar-refractivity contribution in [2.75, 3.05) is 13.1 Å². The van der Waals surface area contributed by atoms with Crippen molar-refractivity contribution in [1.82, 2.24) is 4.90 Å². The summed E-state index contributed by atoms with van der Waals surface area (Å²) < 4.78 is 1.12. The van der Waals surface area contributed by atoms with Crippen molar-refractivity contribution in [2.45, 2.75) is 12.8 Å². The molecule has 16 heavy (non-hydrogen) atoms. The zero-order valence-corrected chi connectivity index (χ0v) is 11.1. The van der Waals surface area contributed by atoms with Crippen LogP contribution in [-0.2, 0) is 11.2 Å². The van der Waals surface area contributed by atoms with E-state index in [1.54, 1.807) is 16.2 Å². The highest BCUT2D eigenvalue weighted by atomic mass is 79.9. The zero-order chi connectivity index (χ0) is 11.5. The second-order valence-electron chi connectivity index (χ2n) is 3.83. The van der Waals surface area contributed by atoms with E-state index in [1.165, 1.54) is 4.88 Å². The third-order valence-electron chi connectivity index (χ3n) is 2.65. The van der Waals surface area contributed by atoms with E-state index in [1.807, 2.05) is 6.07 Å². The molecule has 0 radical (unpaired) electrons. The molecule has 84 valence electrons. The van der Waals surface area contributed by atoms with Gasteiger partial charge in [0.1, 0.15) is 0 Å². The molecule has 1 fully saturated rings. The molecule has 1 aliphatic rings. The Labute approximate surface area is 107 Å². The number of hydrogen-bond donors (Lipinski definition) is 0. The molecule has 1 aliphatic heterocycles. The quantitative estimate of drug-likeness (QED) is 0.860. The Morgan fingerprint density at radius 1 is 1.62 bits per heavy atom. The molecule has 1 atom stereocenters. The summed E-state index contributed by atoms with van der Waals surface area (Å²) in [7, 11) is 0. The van der Waals surface area contributed by atoms with Gasteiger partial charge in [-0.25, -0.2) is 0 Å². The minimum Gasteiger partial charge on any atom is -0.341 e. The van der Waals surface area contributed by atoms with Crippen molar-refractivity contribution >= 4 is 33.2 Å². The largest absolute Gasteiger partial charge is 0.341 e. The lowest BCUT2D eigenvalue weighted by Gasteiger charge is -2.14. The minimum absolute atomic E-state index is 0.109. The molecule has 2 heterocycles. The number of nitrogens with zero attached hydrogens (tertiary/aromatic N) is 2. The van der Waals surface area contributed by atoms with E-state index in [0.29, 0.717) is 13.0 Å². The number of rotatable bonds is 3. The maximum Gasteiger partial charge on any atom is 0.224 e. The first-order chi connectivity index (χ1) is 7.69. The van der Waals surface area contributed by atoms with E-state index >= 15 is 0 Å². The Bertz CT molecular complexity index is 437. The fraction of sp³-hybridized carbons (Fsp3) is 0.455. The van der Waals surface area contributed by atoms with Gasteiger partial charge in [0.2, 0.25) is 5.91 Å². The van der Waals surface area contributed by atoms with Gasteiger partial charge in [-0.15, -0.1) is 11.3 Å². The minimum atomic E-state index is -0.109. The van der Waals surface area contributed by atoms with Crippen LogP contribution in [0.5, 0.6) is 0 Å². The molecule has 0 aromatic carbocycles. The molecular weight excluding hydrogens is 288 g/mol. The van der Waals surface area contributed by atoms with Crippen LogP contribution in [-0.4, -0.2) is 23.9 Å². The van der Waals surface area contributed by atoms with E-state index in [4.69, 9.17) is 5.26 Å². The number of carbonyl (C=O) groups is 1. The van der Waals surface area contributed by atoms with Crippen molar-refractivity contribution in [3.63, 3.8) is 0 Å². The number of likely N-dealkylation sites (tertiary alicyclic amines) is 1. The molecular formula is C11H11BrN2OS. The van der Waals surface area contributed by atoms with Crippen LogP contribution < -0.4 is 0 Å². The fourth-order valence-electron chi connectivity index (χ4n) is 1.81. The Hall–Kier alpha value is -0.860. The van der Waals surface area contributed by atoms with Crippen LogP contribution in [0.3, 0.4) is 0 Å². The maximum atomic E-state index is 11.5. The summed E-state index contributed by atoms with van der Waals surface area (Å²) in [4.78, 5) is 14.6. The van der Waals surface area contributed by atoms with Gasteiger partial charge in [-0.3, -0.25) is 4.79 Å². The molecule has 1 amide bonds. The Balaban J connectivity index is 1.87. The van der Waals surface area contributed by atoms with Crippen molar-refractivity contribution in [2.24, 2.45) is 5.92 Å². The normalized spacial score (nSPS) is 20.1. The molecule has 0 N–H and O–H groups in total. The standard InChI is InChI=1S/C11H11BrN2OS/c12-10-2-1-9(16-10)3-4-14-7-8(6-13)5-11(14)15/h1-2,8H,3-5,7H2. The molecule has 3 nitrogen and oxygen atoms in total. The van der Waals surface area contributed by atoms with Crippen molar-refractivity contribution in [3.05, 3.63) is 20.8 Å². The number of carbonyl (C=O) groups excluding carboxylic acids is 1. The average Bonchev–Trinajstić information content (AvgIpc) is 2.82. The first kappa shape index (κ1) is 11.6. The molecule has 0 spiro atoms. The second-order valence-corrected chi connectivity index (χ2v) is 6.37. The van der Waals surface area contributed by atoms with Crippen LogP contribution in [0.2, 0.25) is 0 Å². The number of hydrogen-bond acceptors (Lipinski definition) is 3. The first-order valence-corrected chi connectivity index (χ1v) is 6.71. The van der Waals surface area contributed by atoms with Gasteiger partial charge in [0, 0.05) is 24.4 Å². The molecule has 0 bridgehead atoms. The van der Waals surface area contributed by atoms with Crippen LogP contribution in [0, 0.1) is 17.2 Å². The van der Waals surface area contributed by atoms with E-state index in [9.17, 15) is 4.79 Å². The van der Waals surface area contributed by atoms with Crippen LogP contribution in [0.4, 0.5) is 0 Å². The fourth-order valence-corrected chi connectivity index (χ4v) is 3.28. The Morgan fingerprint density at radius 2 is 2.44 bits per heavy atom. The SMILES string of the molecule is N#CC1CC(=O)N(CCc2ccc(Br)s2)C1. The summed E-state index contributed by atoms with van der Waals surface area (Å²) >= 11 is 5.11. The Morgan fingerprint density at radius 3 is 3.00 bits per heavy atom. The Kier molecular flexibility index (Phi) is 3.62. The van der Waals surface area contributed by atoms with Crippen molar-refractivity contribution < 1.29 is 4.79 Å². The van der Waals surface area contributed by atoms with Crippen LogP contribution >= 0.6 is 27.3 Å². The second kappa shape index (κ2) is 4.98. The topological polar surface area (TPSA) is 44.1 Å². The highest BCUT2D eigenvalue weighted by Gasteiger charge is 2.28.